The first kappa shape index (κ1) is 15.5. The van der Waals surface area contributed by atoms with Crippen molar-refractivity contribution in [2.24, 2.45) is 5.92 Å². The van der Waals surface area contributed by atoms with Crippen LogP contribution < -0.4 is 5.48 Å². The zero-order chi connectivity index (χ0) is 13.3. The average molecular weight is 241 g/mol. The molecule has 17 heavy (non-hydrogen) atoms. The lowest BCUT2D eigenvalue weighted by Crippen LogP contribution is -2.29. The molecular weight excluding hydrogens is 222 g/mol. The van der Waals surface area contributed by atoms with Gasteiger partial charge in [-0.25, -0.2) is 4.79 Å². The Kier molecular flexibility index (Phi) is 7.92. The Bertz CT molecular complexity index is 288. The number of hydroxylamine groups is 1. The fraction of sp³-hybridized carbons (Fsp3) is 0.500. The topological polar surface area (TPSA) is 64.6 Å². The van der Waals surface area contributed by atoms with Crippen molar-refractivity contribution < 1.29 is 19.2 Å². The molecule has 0 radical (unpaired) electrons. The van der Waals surface area contributed by atoms with Crippen molar-refractivity contribution in [1.29, 1.82) is 0 Å². The van der Waals surface area contributed by atoms with Gasteiger partial charge in [0.05, 0.1) is 6.61 Å². The smallest absolute Gasteiger partial charge is 0.348 e. The van der Waals surface area contributed by atoms with Crippen LogP contribution in [0.15, 0.2) is 25.3 Å². The van der Waals surface area contributed by atoms with E-state index >= 15 is 0 Å². The van der Waals surface area contributed by atoms with Crippen molar-refractivity contribution in [2.45, 2.75) is 20.0 Å². The molecule has 0 fully saturated rings. The minimum atomic E-state index is -0.534. The Hall–Kier alpha value is -1.46. The Morgan fingerprint density at radius 1 is 1.29 bits per heavy atom. The molecule has 0 rings (SSSR count). The van der Waals surface area contributed by atoms with Crippen LogP contribution in [0.4, 0.5) is 0 Å². The second-order valence-corrected chi connectivity index (χ2v) is 3.66. The van der Waals surface area contributed by atoms with Crippen molar-refractivity contribution in [1.82, 2.24) is 5.48 Å². The number of carbonyl (C=O) groups is 2. The third kappa shape index (κ3) is 7.43. The number of hydrogen-bond acceptors (Lipinski definition) is 5. The number of carbonyl (C=O) groups excluding carboxylic acids is 2. The van der Waals surface area contributed by atoms with E-state index in [0.29, 0.717) is 13.2 Å². The molecular formula is C12H19NO4. The second-order valence-electron chi connectivity index (χ2n) is 3.66. The maximum absolute atomic E-state index is 11.1. The number of nitrogens with one attached hydrogen (secondary N) is 1. The molecule has 0 bridgehead atoms. The van der Waals surface area contributed by atoms with Crippen LogP contribution in [-0.4, -0.2) is 31.0 Å². The van der Waals surface area contributed by atoms with Gasteiger partial charge >= 0.3 is 5.97 Å². The van der Waals surface area contributed by atoms with Gasteiger partial charge in [0.2, 0.25) is 0 Å². The van der Waals surface area contributed by atoms with Crippen LogP contribution in [0.25, 0.3) is 0 Å². The van der Waals surface area contributed by atoms with Crippen molar-refractivity contribution >= 4 is 11.8 Å². The van der Waals surface area contributed by atoms with Gasteiger partial charge in [-0.15, -0.1) is 0 Å². The molecule has 0 heterocycles. The highest BCUT2D eigenvalue weighted by Gasteiger charge is 2.11. The van der Waals surface area contributed by atoms with Crippen LogP contribution in [0.5, 0.6) is 0 Å². The van der Waals surface area contributed by atoms with Crippen LogP contribution in [0.2, 0.25) is 0 Å². The van der Waals surface area contributed by atoms with E-state index < -0.39 is 12.1 Å². The van der Waals surface area contributed by atoms with E-state index in [1.165, 1.54) is 6.08 Å². The van der Waals surface area contributed by atoms with Gasteiger partial charge in [-0.1, -0.05) is 20.1 Å². The quantitative estimate of drug-likeness (QED) is 0.482. The summed E-state index contributed by atoms with van der Waals surface area (Å²) in [5.74, 6) is -0.579. The predicted octanol–water partition coefficient (Wildman–Crippen LogP) is 1.02. The lowest BCUT2D eigenvalue weighted by atomic mass is 10.2. The number of ether oxygens (including phenoxy) is 1. The van der Waals surface area contributed by atoms with Gasteiger partial charge in [0.25, 0.3) is 0 Å². The molecule has 0 amide bonds. The first-order valence-corrected chi connectivity index (χ1v) is 5.35. The van der Waals surface area contributed by atoms with Gasteiger partial charge in [-0.3, -0.25) is 4.79 Å². The van der Waals surface area contributed by atoms with Crippen LogP contribution in [-0.2, 0) is 19.2 Å². The van der Waals surface area contributed by atoms with E-state index in [2.05, 4.69) is 23.5 Å². The maximum Gasteiger partial charge on any atom is 0.348 e. The average Bonchev–Trinajstić information content (AvgIpc) is 2.34. The highest BCUT2D eigenvalue weighted by atomic mass is 16.7. The zero-order valence-corrected chi connectivity index (χ0v) is 10.3. The first-order valence-electron chi connectivity index (χ1n) is 5.35. The normalized spacial score (nSPS) is 13.5. The second kappa shape index (κ2) is 8.66. The lowest BCUT2D eigenvalue weighted by molar-refractivity contribution is -0.145. The summed E-state index contributed by atoms with van der Waals surface area (Å²) in [6.45, 7) is 11.0. The van der Waals surface area contributed by atoms with Crippen molar-refractivity contribution in [3.8, 4) is 0 Å². The van der Waals surface area contributed by atoms with E-state index in [0.717, 1.165) is 6.08 Å². The van der Waals surface area contributed by atoms with Crippen LogP contribution in [0.3, 0.4) is 0 Å². The van der Waals surface area contributed by atoms with E-state index in [4.69, 9.17) is 4.74 Å². The summed E-state index contributed by atoms with van der Waals surface area (Å²) in [5, 5.41) is 0. The standard InChI is InChI=1S/C12H19NO4/c1-5-11(14)10(4)16-8-9(3)7-13-17-12(15)6-2/h5-6,9-10,13H,1-2,7-8H2,3-4H3. The van der Waals surface area contributed by atoms with E-state index in [9.17, 15) is 9.59 Å². The van der Waals surface area contributed by atoms with Gasteiger partial charge in [0.15, 0.2) is 5.78 Å². The monoisotopic (exact) mass is 241 g/mol. The Balaban J connectivity index is 3.69. The zero-order valence-electron chi connectivity index (χ0n) is 10.3. The van der Waals surface area contributed by atoms with Gasteiger partial charge in [-0.2, -0.15) is 5.48 Å². The molecule has 1 N–H and O–H groups in total. The molecule has 0 aromatic carbocycles. The van der Waals surface area contributed by atoms with Gasteiger partial charge in [-0.05, 0) is 18.9 Å². The summed E-state index contributed by atoms with van der Waals surface area (Å²) in [4.78, 5) is 26.4. The molecule has 5 nitrogen and oxygen atoms in total. The molecule has 0 aliphatic carbocycles. The molecule has 0 aliphatic rings. The lowest BCUT2D eigenvalue weighted by Gasteiger charge is -2.15. The van der Waals surface area contributed by atoms with Crippen LogP contribution >= 0.6 is 0 Å². The Morgan fingerprint density at radius 3 is 2.47 bits per heavy atom. The summed E-state index contributed by atoms with van der Waals surface area (Å²) in [7, 11) is 0. The summed E-state index contributed by atoms with van der Waals surface area (Å²) in [6.07, 6.45) is 1.81. The molecule has 96 valence electrons. The Morgan fingerprint density at radius 2 is 1.94 bits per heavy atom. The highest BCUT2D eigenvalue weighted by molar-refractivity contribution is 5.92. The fourth-order valence-electron chi connectivity index (χ4n) is 0.912. The van der Waals surface area contributed by atoms with E-state index in [1.807, 2.05) is 6.92 Å². The summed E-state index contributed by atoms with van der Waals surface area (Å²) in [5.41, 5.74) is 2.50. The van der Waals surface area contributed by atoms with Crippen molar-refractivity contribution in [2.75, 3.05) is 13.2 Å². The molecule has 0 saturated heterocycles. The van der Waals surface area contributed by atoms with E-state index in [-0.39, 0.29) is 11.7 Å². The highest BCUT2D eigenvalue weighted by Crippen LogP contribution is 2.00. The third-order valence-electron chi connectivity index (χ3n) is 2.00. The summed E-state index contributed by atoms with van der Waals surface area (Å²) in [6, 6.07) is 0. The van der Waals surface area contributed by atoms with Gasteiger partial charge in [0, 0.05) is 12.6 Å². The molecule has 0 aromatic heterocycles. The van der Waals surface area contributed by atoms with Gasteiger partial charge in [0.1, 0.15) is 6.10 Å². The molecule has 2 atom stereocenters. The largest absolute Gasteiger partial charge is 0.370 e. The molecule has 0 spiro atoms. The van der Waals surface area contributed by atoms with Crippen LogP contribution in [0.1, 0.15) is 13.8 Å². The molecule has 0 saturated carbocycles. The number of ketones is 1. The Labute approximate surface area is 101 Å². The maximum atomic E-state index is 11.1. The molecule has 5 heteroatoms. The van der Waals surface area contributed by atoms with E-state index in [1.54, 1.807) is 6.92 Å². The minimum absolute atomic E-state index is 0.104. The molecule has 2 unspecified atom stereocenters. The molecule has 0 aliphatic heterocycles. The third-order valence-corrected chi connectivity index (χ3v) is 2.00. The predicted molar refractivity (Wildman–Crippen MR) is 64.1 cm³/mol. The molecule has 0 aromatic rings. The van der Waals surface area contributed by atoms with Crippen LogP contribution in [0, 0.1) is 5.92 Å². The number of rotatable bonds is 9. The SMILES string of the molecule is C=CC(=O)ONCC(C)COC(C)C(=O)C=C. The summed E-state index contributed by atoms with van der Waals surface area (Å²) >= 11 is 0. The van der Waals surface area contributed by atoms with Crippen molar-refractivity contribution in [3.05, 3.63) is 25.3 Å². The van der Waals surface area contributed by atoms with Crippen molar-refractivity contribution in [3.63, 3.8) is 0 Å². The van der Waals surface area contributed by atoms with Gasteiger partial charge < -0.3 is 9.57 Å². The summed E-state index contributed by atoms with van der Waals surface area (Å²) < 4.78 is 5.32. The number of hydrogen-bond donors (Lipinski definition) is 1. The first-order chi connectivity index (χ1) is 8.01. The minimum Gasteiger partial charge on any atom is -0.370 e. The fourth-order valence-corrected chi connectivity index (χ4v) is 0.912.